The van der Waals surface area contributed by atoms with E-state index in [-0.39, 0.29) is 19.4 Å². The van der Waals surface area contributed by atoms with Crippen LogP contribution in [-0.2, 0) is 15.9 Å². The van der Waals surface area contributed by atoms with Gasteiger partial charge in [-0.3, -0.25) is 19.5 Å². The van der Waals surface area contributed by atoms with Gasteiger partial charge in [0.25, 0.3) is 5.91 Å². The van der Waals surface area contributed by atoms with Crippen LogP contribution in [0.1, 0.15) is 25.0 Å². The van der Waals surface area contributed by atoms with Gasteiger partial charge < -0.3 is 4.89 Å². The third-order valence-electron chi connectivity index (χ3n) is 2.65. The number of likely N-dealkylation sites (N-methyl/N-ethyl adjacent to an activating group) is 1. The molecule has 7 heteroatoms. The maximum Gasteiger partial charge on any atom is 0.260 e. The van der Waals surface area contributed by atoms with Crippen molar-refractivity contribution in [2.45, 2.75) is 27.3 Å². The number of hydroxylamine groups is 2. The summed E-state index contributed by atoms with van der Waals surface area (Å²) in [5.41, 5.74) is 1.92. The van der Waals surface area contributed by atoms with E-state index in [0.717, 1.165) is 11.1 Å². The van der Waals surface area contributed by atoms with E-state index in [2.05, 4.69) is 0 Å². The lowest BCUT2D eigenvalue weighted by Gasteiger charge is -2.21. The highest BCUT2D eigenvalue weighted by atomic mass is 31.2. The van der Waals surface area contributed by atoms with Crippen LogP contribution in [0.15, 0.2) is 24.3 Å². The van der Waals surface area contributed by atoms with Crippen LogP contribution in [0.5, 0.6) is 0 Å². The van der Waals surface area contributed by atoms with Crippen molar-refractivity contribution in [2.24, 2.45) is 0 Å². The van der Waals surface area contributed by atoms with Gasteiger partial charge in [0.2, 0.25) is 7.37 Å². The van der Waals surface area contributed by atoms with Crippen LogP contribution in [0.2, 0.25) is 0 Å². The highest BCUT2D eigenvalue weighted by Crippen LogP contribution is 2.35. The first-order chi connectivity index (χ1) is 10.2. The molecule has 0 aliphatic rings. The number of rotatable bonds is 6. The average molecular weight is 330 g/mol. The van der Waals surface area contributed by atoms with Crippen LogP contribution < -0.4 is 0 Å². The van der Waals surface area contributed by atoms with Crippen LogP contribution in [0, 0.1) is 6.92 Å². The fourth-order valence-corrected chi connectivity index (χ4v) is 2.76. The van der Waals surface area contributed by atoms with Gasteiger partial charge >= 0.3 is 0 Å². The van der Waals surface area contributed by atoms with E-state index in [1.54, 1.807) is 7.05 Å². The lowest BCUT2D eigenvalue weighted by Crippen LogP contribution is -2.37. The zero-order valence-electron chi connectivity index (χ0n) is 14.0. The molecule has 1 unspecified atom stereocenters. The van der Waals surface area contributed by atoms with Crippen LogP contribution in [-0.4, -0.2) is 52.5 Å². The molecule has 0 aromatic heterocycles. The van der Waals surface area contributed by atoms with Gasteiger partial charge in [-0.1, -0.05) is 43.7 Å². The van der Waals surface area contributed by atoms with Gasteiger partial charge in [-0.15, -0.1) is 0 Å². The molecule has 0 spiro atoms. The van der Waals surface area contributed by atoms with Gasteiger partial charge in [0.05, 0.1) is 19.4 Å². The van der Waals surface area contributed by atoms with Crippen molar-refractivity contribution < 1.29 is 19.5 Å². The minimum absolute atomic E-state index is 0.0862. The van der Waals surface area contributed by atoms with Crippen molar-refractivity contribution in [1.29, 1.82) is 0 Å². The second-order valence-corrected chi connectivity index (χ2v) is 7.53. The number of carbonyl (C=O) groups excluding carboxylic acids is 1. The predicted molar refractivity (Wildman–Crippen MR) is 88.1 cm³/mol. The van der Waals surface area contributed by atoms with Crippen LogP contribution in [0.4, 0.5) is 0 Å². The van der Waals surface area contributed by atoms with Crippen LogP contribution in [0.25, 0.3) is 0 Å². The maximum atomic E-state index is 11.8. The molecule has 1 amide bonds. The van der Waals surface area contributed by atoms with E-state index >= 15 is 0 Å². The molecule has 1 rings (SSSR count). The van der Waals surface area contributed by atoms with E-state index in [1.165, 1.54) is 11.6 Å². The van der Waals surface area contributed by atoms with Gasteiger partial charge in [0.1, 0.15) is 0 Å². The smallest absolute Gasteiger partial charge is 0.260 e. The van der Waals surface area contributed by atoms with Crippen molar-refractivity contribution in [3.8, 4) is 0 Å². The minimum Gasteiger partial charge on any atom is -0.344 e. The molecule has 0 radical (unpaired) electrons. The number of hydrogen-bond acceptors (Lipinski definition) is 4. The second-order valence-electron chi connectivity index (χ2n) is 5.14. The van der Waals surface area contributed by atoms with E-state index in [0.29, 0.717) is 5.06 Å². The fourth-order valence-electron chi connectivity index (χ4n) is 1.77. The zero-order valence-corrected chi connectivity index (χ0v) is 14.9. The number of aryl methyl sites for hydroxylation is 1. The number of nitrogens with zero attached hydrogens (tertiary/aromatic N) is 2. The lowest BCUT2D eigenvalue weighted by atomic mass is 10.1. The molecule has 0 saturated carbocycles. The third-order valence-corrected chi connectivity index (χ3v) is 3.66. The summed E-state index contributed by atoms with van der Waals surface area (Å²) in [4.78, 5) is 22.4. The number of benzene rings is 1. The number of amides is 1. The van der Waals surface area contributed by atoms with E-state index in [9.17, 15) is 19.5 Å². The van der Waals surface area contributed by atoms with E-state index < -0.39 is 13.3 Å². The lowest BCUT2D eigenvalue weighted by molar-refractivity contribution is -0.168. The van der Waals surface area contributed by atoms with Crippen molar-refractivity contribution in [3.05, 3.63) is 35.4 Å². The summed E-state index contributed by atoms with van der Waals surface area (Å²) in [6.07, 6.45) is -0.0862. The molecule has 0 fully saturated rings. The predicted octanol–water partition coefficient (Wildman–Crippen LogP) is 2.53. The maximum absolute atomic E-state index is 11.8. The van der Waals surface area contributed by atoms with Crippen molar-refractivity contribution in [2.75, 3.05) is 26.5 Å². The SMILES string of the molecule is CC.Cc1ccc(CN(O)C(=O)CN(C)CP(C)(=O)O)cc1. The summed E-state index contributed by atoms with van der Waals surface area (Å²) in [5.74, 6) is -0.512. The van der Waals surface area contributed by atoms with E-state index in [4.69, 9.17) is 0 Å². The molecule has 1 aromatic rings. The Hall–Kier alpha value is -1.20. The Kier molecular flexibility index (Phi) is 9.21. The Balaban J connectivity index is 0.00000211. The molecule has 22 heavy (non-hydrogen) atoms. The van der Waals surface area contributed by atoms with Gasteiger partial charge in [-0.2, -0.15) is 0 Å². The van der Waals surface area contributed by atoms with Crippen molar-refractivity contribution in [3.63, 3.8) is 0 Å². The molecule has 0 bridgehead atoms. The van der Waals surface area contributed by atoms with Gasteiger partial charge in [-0.25, -0.2) is 5.06 Å². The standard InChI is InChI=1S/C13H21N2O4P.C2H6/c1-11-4-6-12(7-5-11)8-15(17)13(16)9-14(2)10-20(3,18)19;1-2/h4-7,17H,8-10H2,1-3H3,(H,18,19);1-2H3. The number of carbonyl (C=O) groups is 1. The Labute approximate surface area is 132 Å². The highest BCUT2D eigenvalue weighted by molar-refractivity contribution is 7.57. The molecule has 0 aliphatic carbocycles. The first kappa shape index (κ1) is 20.8. The Bertz CT molecular complexity index is 499. The summed E-state index contributed by atoms with van der Waals surface area (Å²) in [5, 5.41) is 10.3. The van der Waals surface area contributed by atoms with Gasteiger partial charge in [-0.05, 0) is 19.5 Å². The number of hydrogen-bond donors (Lipinski definition) is 2. The molecular formula is C15H27N2O4P. The Morgan fingerprint density at radius 1 is 1.23 bits per heavy atom. The second kappa shape index (κ2) is 9.74. The summed E-state index contributed by atoms with van der Waals surface area (Å²) >= 11 is 0. The topological polar surface area (TPSA) is 81.1 Å². The summed E-state index contributed by atoms with van der Waals surface area (Å²) < 4.78 is 11.2. The molecule has 1 atom stereocenters. The van der Waals surface area contributed by atoms with E-state index in [1.807, 2.05) is 45.0 Å². The minimum atomic E-state index is -3.21. The quantitative estimate of drug-likeness (QED) is 0.476. The Morgan fingerprint density at radius 3 is 2.18 bits per heavy atom. The third kappa shape index (κ3) is 8.95. The molecule has 6 nitrogen and oxygen atoms in total. The normalized spacial score (nSPS) is 13.1. The molecular weight excluding hydrogens is 303 g/mol. The summed E-state index contributed by atoms with van der Waals surface area (Å²) in [7, 11) is -1.65. The van der Waals surface area contributed by atoms with Gasteiger partial charge in [0.15, 0.2) is 0 Å². The van der Waals surface area contributed by atoms with Crippen LogP contribution >= 0.6 is 7.37 Å². The molecule has 1 aromatic carbocycles. The molecule has 2 N–H and O–H groups in total. The highest BCUT2D eigenvalue weighted by Gasteiger charge is 2.18. The largest absolute Gasteiger partial charge is 0.344 e. The van der Waals surface area contributed by atoms with Crippen LogP contribution in [0.3, 0.4) is 0 Å². The first-order valence-corrected chi connectivity index (χ1v) is 9.49. The molecule has 126 valence electrons. The first-order valence-electron chi connectivity index (χ1n) is 7.20. The fraction of sp³-hybridized carbons (Fsp3) is 0.533. The summed E-state index contributed by atoms with van der Waals surface area (Å²) in [6.45, 7) is 7.17. The summed E-state index contributed by atoms with van der Waals surface area (Å²) in [6, 6.07) is 7.48. The monoisotopic (exact) mass is 330 g/mol. The zero-order chi connectivity index (χ0) is 17.3. The van der Waals surface area contributed by atoms with Crippen molar-refractivity contribution in [1.82, 2.24) is 9.96 Å². The van der Waals surface area contributed by atoms with Crippen molar-refractivity contribution >= 4 is 13.3 Å². The molecule has 0 aliphatic heterocycles. The molecule has 0 saturated heterocycles. The molecule has 0 heterocycles. The van der Waals surface area contributed by atoms with Gasteiger partial charge in [0, 0.05) is 6.66 Å². The Morgan fingerprint density at radius 2 is 1.73 bits per heavy atom. The average Bonchev–Trinajstić information content (AvgIpc) is 2.41.